The lowest BCUT2D eigenvalue weighted by Crippen LogP contribution is -2.39. The van der Waals surface area contributed by atoms with Crippen molar-refractivity contribution in [1.82, 2.24) is 15.0 Å². The summed E-state index contributed by atoms with van der Waals surface area (Å²) in [5.41, 5.74) is 3.58. The standard InChI is InChI=1S/C18H23N5O/c24-14-5-3-9-23(11-14)18-13(4-2-8-19-18)10-20-17-15-6-1-7-16(15)21-12-22-17/h2,4,8,12,14,24H,1,3,5-7,9-11H2,(H,20,21,22)/t14-/m1/s1. The summed E-state index contributed by atoms with van der Waals surface area (Å²) in [6.07, 6.45) is 8.36. The van der Waals surface area contributed by atoms with Crippen LogP contribution in [0.25, 0.3) is 0 Å². The van der Waals surface area contributed by atoms with E-state index in [0.29, 0.717) is 13.1 Å². The number of fused-ring (bicyclic) bond motifs is 1. The molecule has 3 heterocycles. The van der Waals surface area contributed by atoms with E-state index < -0.39 is 0 Å². The maximum absolute atomic E-state index is 9.94. The molecule has 1 aliphatic carbocycles. The minimum absolute atomic E-state index is 0.258. The lowest BCUT2D eigenvalue weighted by atomic mass is 10.1. The van der Waals surface area contributed by atoms with Gasteiger partial charge in [0, 0.05) is 42.7 Å². The predicted molar refractivity (Wildman–Crippen MR) is 93.1 cm³/mol. The molecule has 0 amide bonds. The SMILES string of the molecule is O[C@@H]1CCCN(c2ncccc2CNc2ncnc3c2CCC3)C1. The zero-order chi connectivity index (χ0) is 16.4. The Balaban J connectivity index is 1.52. The molecule has 2 N–H and O–H groups in total. The summed E-state index contributed by atoms with van der Waals surface area (Å²) in [5.74, 6) is 1.92. The quantitative estimate of drug-likeness (QED) is 0.895. The van der Waals surface area contributed by atoms with Gasteiger partial charge in [0.1, 0.15) is 18.0 Å². The summed E-state index contributed by atoms with van der Waals surface area (Å²) in [4.78, 5) is 15.6. The third-order valence-corrected chi connectivity index (χ3v) is 4.88. The number of rotatable bonds is 4. The van der Waals surface area contributed by atoms with E-state index >= 15 is 0 Å². The molecular formula is C18H23N5O. The van der Waals surface area contributed by atoms with Crippen molar-refractivity contribution < 1.29 is 5.11 Å². The van der Waals surface area contributed by atoms with E-state index in [-0.39, 0.29) is 6.10 Å². The molecule has 2 aromatic rings. The third kappa shape index (κ3) is 3.06. The zero-order valence-electron chi connectivity index (χ0n) is 13.8. The molecule has 24 heavy (non-hydrogen) atoms. The summed E-state index contributed by atoms with van der Waals surface area (Å²) in [5, 5.41) is 13.4. The van der Waals surface area contributed by atoms with E-state index in [4.69, 9.17) is 0 Å². The fourth-order valence-corrected chi connectivity index (χ4v) is 3.69. The van der Waals surface area contributed by atoms with Gasteiger partial charge < -0.3 is 15.3 Å². The van der Waals surface area contributed by atoms with Crippen LogP contribution in [0.1, 0.15) is 36.1 Å². The molecule has 0 unspecified atom stereocenters. The molecule has 1 saturated heterocycles. The first-order valence-corrected chi connectivity index (χ1v) is 8.75. The Morgan fingerprint density at radius 3 is 3.08 bits per heavy atom. The average molecular weight is 325 g/mol. The molecule has 2 aromatic heterocycles. The van der Waals surface area contributed by atoms with Crippen LogP contribution >= 0.6 is 0 Å². The van der Waals surface area contributed by atoms with Crippen LogP contribution in [-0.4, -0.2) is 39.3 Å². The molecule has 1 aliphatic heterocycles. The number of piperidine rings is 1. The van der Waals surface area contributed by atoms with Crippen molar-refractivity contribution in [2.45, 2.75) is 44.8 Å². The van der Waals surface area contributed by atoms with Gasteiger partial charge in [-0.15, -0.1) is 0 Å². The van der Waals surface area contributed by atoms with Gasteiger partial charge in [-0.25, -0.2) is 15.0 Å². The van der Waals surface area contributed by atoms with Crippen LogP contribution in [0.5, 0.6) is 0 Å². The van der Waals surface area contributed by atoms with Gasteiger partial charge in [0.2, 0.25) is 0 Å². The fourth-order valence-electron chi connectivity index (χ4n) is 3.69. The van der Waals surface area contributed by atoms with Crippen LogP contribution in [0.15, 0.2) is 24.7 Å². The smallest absolute Gasteiger partial charge is 0.133 e. The second-order valence-corrected chi connectivity index (χ2v) is 6.58. The molecule has 0 radical (unpaired) electrons. The largest absolute Gasteiger partial charge is 0.391 e. The van der Waals surface area contributed by atoms with E-state index in [1.807, 2.05) is 12.3 Å². The van der Waals surface area contributed by atoms with Crippen molar-refractivity contribution >= 4 is 11.6 Å². The highest BCUT2D eigenvalue weighted by molar-refractivity contribution is 5.52. The first kappa shape index (κ1) is 15.3. The molecule has 0 spiro atoms. The maximum Gasteiger partial charge on any atom is 0.133 e. The fraction of sp³-hybridized carbons (Fsp3) is 0.500. The van der Waals surface area contributed by atoms with Crippen LogP contribution in [0.4, 0.5) is 11.6 Å². The number of aliphatic hydroxyl groups is 1. The third-order valence-electron chi connectivity index (χ3n) is 4.88. The highest BCUT2D eigenvalue weighted by Crippen LogP contribution is 2.27. The number of aliphatic hydroxyl groups excluding tert-OH is 1. The first-order valence-electron chi connectivity index (χ1n) is 8.75. The van der Waals surface area contributed by atoms with Gasteiger partial charge in [-0.2, -0.15) is 0 Å². The topological polar surface area (TPSA) is 74.2 Å². The van der Waals surface area contributed by atoms with Gasteiger partial charge in [0.05, 0.1) is 6.10 Å². The van der Waals surface area contributed by atoms with Gasteiger partial charge in [0.25, 0.3) is 0 Å². The van der Waals surface area contributed by atoms with E-state index in [0.717, 1.165) is 55.8 Å². The molecule has 6 nitrogen and oxygen atoms in total. The first-order chi connectivity index (χ1) is 11.8. The normalized spacial score (nSPS) is 20.0. The highest BCUT2D eigenvalue weighted by Gasteiger charge is 2.21. The number of pyridine rings is 1. The number of aromatic nitrogens is 3. The second-order valence-electron chi connectivity index (χ2n) is 6.58. The molecule has 6 heteroatoms. The second kappa shape index (κ2) is 6.73. The molecule has 2 aliphatic rings. The molecule has 1 atom stereocenters. The van der Waals surface area contributed by atoms with E-state index in [9.17, 15) is 5.11 Å². The highest BCUT2D eigenvalue weighted by atomic mass is 16.3. The van der Waals surface area contributed by atoms with Gasteiger partial charge >= 0.3 is 0 Å². The number of hydrogen-bond acceptors (Lipinski definition) is 6. The molecule has 0 aromatic carbocycles. The predicted octanol–water partition coefficient (Wildman–Crippen LogP) is 1.93. The number of nitrogens with one attached hydrogen (secondary N) is 1. The van der Waals surface area contributed by atoms with Crippen LogP contribution in [0.2, 0.25) is 0 Å². The Bertz CT molecular complexity index is 720. The van der Waals surface area contributed by atoms with Crippen molar-refractivity contribution in [2.75, 3.05) is 23.3 Å². The van der Waals surface area contributed by atoms with Crippen molar-refractivity contribution in [2.24, 2.45) is 0 Å². The summed E-state index contributed by atoms with van der Waals surface area (Å²) < 4.78 is 0. The minimum Gasteiger partial charge on any atom is -0.391 e. The number of β-amino-alcohol motifs (C(OH)–C–C–N with tert-alkyl or cyclic N) is 1. The Morgan fingerprint density at radius 2 is 2.17 bits per heavy atom. The lowest BCUT2D eigenvalue weighted by Gasteiger charge is -2.32. The van der Waals surface area contributed by atoms with Crippen molar-refractivity contribution in [3.05, 3.63) is 41.5 Å². The minimum atomic E-state index is -0.258. The Kier molecular flexibility index (Phi) is 4.30. The van der Waals surface area contributed by atoms with Crippen LogP contribution in [0, 0.1) is 0 Å². The summed E-state index contributed by atoms with van der Waals surface area (Å²) in [7, 11) is 0. The molecule has 0 bridgehead atoms. The molecule has 1 fully saturated rings. The zero-order valence-corrected chi connectivity index (χ0v) is 13.8. The van der Waals surface area contributed by atoms with Gasteiger partial charge in [-0.3, -0.25) is 0 Å². The van der Waals surface area contributed by atoms with Crippen molar-refractivity contribution in [3.63, 3.8) is 0 Å². The number of nitrogens with zero attached hydrogens (tertiary/aromatic N) is 4. The van der Waals surface area contributed by atoms with E-state index in [1.54, 1.807) is 6.33 Å². The molecule has 126 valence electrons. The van der Waals surface area contributed by atoms with Gasteiger partial charge in [-0.05, 0) is 38.2 Å². The monoisotopic (exact) mass is 325 g/mol. The summed E-state index contributed by atoms with van der Waals surface area (Å²) in [6, 6.07) is 4.06. The molecular weight excluding hydrogens is 302 g/mol. The van der Waals surface area contributed by atoms with Gasteiger partial charge in [-0.1, -0.05) is 6.07 Å². The Morgan fingerprint density at radius 1 is 1.21 bits per heavy atom. The van der Waals surface area contributed by atoms with E-state index in [1.165, 1.54) is 11.3 Å². The van der Waals surface area contributed by atoms with Crippen LogP contribution < -0.4 is 10.2 Å². The van der Waals surface area contributed by atoms with E-state index in [2.05, 4.69) is 31.2 Å². The Labute approximate surface area is 142 Å². The number of hydrogen-bond donors (Lipinski definition) is 2. The van der Waals surface area contributed by atoms with Crippen LogP contribution in [0.3, 0.4) is 0 Å². The van der Waals surface area contributed by atoms with Crippen LogP contribution in [-0.2, 0) is 19.4 Å². The average Bonchev–Trinajstić information content (AvgIpc) is 3.09. The lowest BCUT2D eigenvalue weighted by molar-refractivity contribution is 0.154. The van der Waals surface area contributed by atoms with Gasteiger partial charge in [0.15, 0.2) is 0 Å². The maximum atomic E-state index is 9.94. The number of aryl methyl sites for hydroxylation is 1. The van der Waals surface area contributed by atoms with Crippen molar-refractivity contribution in [3.8, 4) is 0 Å². The summed E-state index contributed by atoms with van der Waals surface area (Å²) >= 11 is 0. The summed E-state index contributed by atoms with van der Waals surface area (Å²) in [6.45, 7) is 2.29. The molecule has 0 saturated carbocycles. The molecule has 4 rings (SSSR count). The number of anilines is 2. The van der Waals surface area contributed by atoms with Crippen molar-refractivity contribution in [1.29, 1.82) is 0 Å². The Hall–Kier alpha value is -2.21.